The largest absolute Gasteiger partial charge is 0.507 e. The molecule has 0 fully saturated rings. The summed E-state index contributed by atoms with van der Waals surface area (Å²) in [6, 6.07) is 34.0. The van der Waals surface area contributed by atoms with E-state index in [0.29, 0.717) is 22.3 Å². The second kappa shape index (κ2) is 28.1. The van der Waals surface area contributed by atoms with E-state index < -0.39 is 140 Å². The third kappa shape index (κ3) is 14.3. The van der Waals surface area contributed by atoms with Crippen LogP contribution < -0.4 is 18.9 Å². The summed E-state index contributed by atoms with van der Waals surface area (Å²) in [7, 11) is 1.34. The first-order chi connectivity index (χ1) is 42.9. The van der Waals surface area contributed by atoms with Crippen molar-refractivity contribution in [3.63, 3.8) is 0 Å². The Morgan fingerprint density at radius 2 is 0.494 bits per heavy atom. The molecule has 0 saturated heterocycles. The zero-order chi connectivity index (χ0) is 63.5. The lowest BCUT2D eigenvalue weighted by molar-refractivity contribution is -0.156. The third-order valence-electron chi connectivity index (χ3n) is 14.5. The molecule has 0 aromatic heterocycles. The number of ether oxygens (including phenoxy) is 9. The molecule has 24 nitrogen and oxygen atoms in total. The highest BCUT2D eigenvalue weighted by atomic mass is 16.7. The molecule has 1 aliphatic carbocycles. The molecule has 89 heavy (non-hydrogen) atoms. The number of phenols is 8. The highest BCUT2D eigenvalue weighted by Gasteiger charge is 2.36. The van der Waals surface area contributed by atoms with Crippen LogP contribution in [0.1, 0.15) is 90.4 Å². The number of benzene rings is 8. The van der Waals surface area contributed by atoms with Crippen LogP contribution in [0.5, 0.6) is 69.0 Å². The first kappa shape index (κ1) is 62.6. The summed E-state index contributed by atoms with van der Waals surface area (Å²) in [5, 5.41) is 126. The number of hydrogen-bond acceptors (Lipinski definition) is 24. The Balaban J connectivity index is 1.35. The van der Waals surface area contributed by atoms with E-state index >= 15 is 0 Å². The molecule has 462 valence electrons. The van der Waals surface area contributed by atoms with E-state index in [1.807, 2.05) is 0 Å². The van der Waals surface area contributed by atoms with Crippen LogP contribution in [0.15, 0.2) is 146 Å². The van der Waals surface area contributed by atoms with Gasteiger partial charge >= 0.3 is 23.9 Å². The fourth-order valence-corrected chi connectivity index (χ4v) is 10.5. The van der Waals surface area contributed by atoms with Crippen molar-refractivity contribution in [1.29, 1.82) is 0 Å². The topological polar surface area (TPSA) is 374 Å². The van der Waals surface area contributed by atoms with E-state index in [4.69, 9.17) is 43.7 Å². The molecule has 8 aromatic rings. The van der Waals surface area contributed by atoms with Crippen LogP contribution in [0.4, 0.5) is 0 Å². The number of hydrogen-bond donors (Lipinski definition) is 11. The monoisotopic (exact) mass is 1220 g/mol. The number of fused-ring (bicyclic) bond motifs is 8. The average Bonchev–Trinajstić information content (AvgIpc) is 0.804. The number of rotatable bonds is 21. The van der Waals surface area contributed by atoms with Gasteiger partial charge in [0.15, 0.2) is 53.6 Å². The number of carbonyl (C=O) groups is 4. The second-order valence-corrected chi connectivity index (χ2v) is 19.9. The van der Waals surface area contributed by atoms with Crippen molar-refractivity contribution in [1.82, 2.24) is 0 Å². The summed E-state index contributed by atoms with van der Waals surface area (Å²) in [5.74, 6) is -12.3. The fraction of sp³-hybridized carbons (Fsp3) is 0.200. The number of aromatic hydroxyl groups is 8. The highest BCUT2D eigenvalue weighted by molar-refractivity contribution is 5.73. The van der Waals surface area contributed by atoms with Crippen LogP contribution in [0.25, 0.3) is 0 Å². The highest BCUT2D eigenvalue weighted by Crippen LogP contribution is 2.54. The zero-order valence-corrected chi connectivity index (χ0v) is 47.0. The predicted molar refractivity (Wildman–Crippen MR) is 308 cm³/mol. The predicted octanol–water partition coefficient (Wildman–Crippen LogP) is 6.51. The third-order valence-corrected chi connectivity index (χ3v) is 14.5. The number of phenolic OH excluding ortho intramolecular Hbond substituents is 8. The van der Waals surface area contributed by atoms with Crippen molar-refractivity contribution in [3.05, 3.63) is 212 Å². The fourth-order valence-electron chi connectivity index (χ4n) is 10.5. The smallest absolute Gasteiger partial charge is 0.346 e. The number of aliphatic hydroxyl groups is 3. The molecule has 8 aromatic carbocycles. The maximum Gasteiger partial charge on any atom is 0.346 e. The summed E-state index contributed by atoms with van der Waals surface area (Å²) >= 11 is 0. The molecule has 24 heteroatoms. The van der Waals surface area contributed by atoms with Gasteiger partial charge in [0, 0.05) is 99.6 Å². The Labute approximate surface area is 505 Å². The summed E-state index contributed by atoms with van der Waals surface area (Å²) < 4.78 is 46.1. The van der Waals surface area contributed by atoms with Gasteiger partial charge in [0.25, 0.3) is 0 Å². The van der Waals surface area contributed by atoms with Gasteiger partial charge in [-0.15, -0.1) is 0 Å². The second-order valence-electron chi connectivity index (χ2n) is 19.9. The summed E-state index contributed by atoms with van der Waals surface area (Å²) in [6.07, 6.45) is 0. The van der Waals surface area contributed by atoms with Crippen LogP contribution in [0.3, 0.4) is 0 Å². The van der Waals surface area contributed by atoms with Crippen molar-refractivity contribution >= 4 is 23.9 Å². The number of aliphatic hydroxyl groups excluding tert-OH is 3. The first-order valence-electron chi connectivity index (χ1n) is 27.0. The number of methoxy groups -OCH3 is 1. The molecule has 0 saturated carbocycles. The molecule has 0 spiro atoms. The van der Waals surface area contributed by atoms with Gasteiger partial charge in [-0.25, -0.2) is 19.2 Å². The lowest BCUT2D eigenvalue weighted by Gasteiger charge is -2.30. The molecule has 9 rings (SSSR count). The normalized spacial score (nSPS) is 15.0. The van der Waals surface area contributed by atoms with E-state index in [-0.39, 0.29) is 74.3 Å². The first-order valence-corrected chi connectivity index (χ1v) is 27.0. The van der Waals surface area contributed by atoms with Crippen molar-refractivity contribution < 1.29 is 118 Å². The van der Waals surface area contributed by atoms with E-state index in [2.05, 4.69) is 14.2 Å². The van der Waals surface area contributed by atoms with Crippen molar-refractivity contribution in [2.24, 2.45) is 0 Å². The molecule has 2 atom stereocenters. The van der Waals surface area contributed by atoms with Crippen LogP contribution in [-0.2, 0) is 42.9 Å². The SMILES string of the molecule is COCOC(=O)COc1ccc(C2c3cc(c(O)cc3O)C(c3ccc(OCC(=O)OCO)cc3)c3cc(c(O)cc3O)C(c3ccc(OCC(=O)OCO)cc3)c3cc(c(O)cc3O)C(c3ccc(OCC(=O)OCO)cc3)c3cc2c(O)cc3O)cc1. The molecular weight excluding hydrogens is 1160 g/mol. The summed E-state index contributed by atoms with van der Waals surface area (Å²) in [6.45, 7) is -5.30. The molecular formula is C65H58O24. The van der Waals surface area contributed by atoms with E-state index in [1.54, 1.807) is 48.5 Å². The minimum Gasteiger partial charge on any atom is -0.507 e. The maximum atomic E-state index is 12.4. The van der Waals surface area contributed by atoms with Gasteiger partial charge in [0.05, 0.1) is 0 Å². The Kier molecular flexibility index (Phi) is 19.7. The van der Waals surface area contributed by atoms with Crippen LogP contribution in [-0.4, -0.2) is 141 Å². The molecule has 0 amide bonds. The maximum absolute atomic E-state index is 12.4. The number of esters is 4. The standard InChI is InChI=1S/C65H58O24/c1-81-33-89-61(80)29-85-41-16-8-37(9-17-41)65-48-20-46(54(73)24-56(48)75)63(35-4-12-39(13-5-35)83-27-59(78)87-31-67)44-18-42(50(69)22-52(44)71)62(34-2-10-38(11-3-34)82-26-58(77)86-30-66)43-19-45(53(72)23-51(43)70)64(47-21-49(65)57(76)25-55(47)74)36-6-14-40(15-7-36)84-28-60(79)88-32-68/h2-25,62-76H,26-33H2,1H3. The minimum atomic E-state index is -1.31. The van der Waals surface area contributed by atoms with Crippen molar-refractivity contribution in [3.8, 4) is 69.0 Å². The summed E-state index contributed by atoms with van der Waals surface area (Å²) in [4.78, 5) is 48.9. The Morgan fingerprint density at radius 3 is 0.674 bits per heavy atom. The minimum absolute atomic E-state index is 0.00293. The Morgan fingerprint density at radius 1 is 0.303 bits per heavy atom. The molecule has 0 aliphatic heterocycles. The van der Waals surface area contributed by atoms with Gasteiger partial charge in [-0.3, -0.25) is 0 Å². The van der Waals surface area contributed by atoms with Crippen LogP contribution in [0.2, 0.25) is 0 Å². The van der Waals surface area contributed by atoms with Gasteiger partial charge in [0.2, 0.25) is 0 Å². The average molecular weight is 1220 g/mol. The summed E-state index contributed by atoms with van der Waals surface area (Å²) in [5.41, 5.74) is 1.19. The molecule has 0 radical (unpaired) electrons. The lowest BCUT2D eigenvalue weighted by atomic mass is 9.75. The van der Waals surface area contributed by atoms with Crippen LogP contribution >= 0.6 is 0 Å². The number of carbonyl (C=O) groups excluding carboxylic acids is 4. The van der Waals surface area contributed by atoms with E-state index in [0.717, 1.165) is 24.3 Å². The van der Waals surface area contributed by atoms with Gasteiger partial charge in [-0.05, 0) is 95.1 Å². The molecule has 0 heterocycles. The van der Waals surface area contributed by atoms with Gasteiger partial charge < -0.3 is 98.8 Å². The van der Waals surface area contributed by atoms with Crippen molar-refractivity contribution in [2.75, 3.05) is 60.7 Å². The van der Waals surface area contributed by atoms with Crippen LogP contribution in [0, 0.1) is 0 Å². The van der Waals surface area contributed by atoms with E-state index in [1.165, 1.54) is 79.9 Å². The van der Waals surface area contributed by atoms with Gasteiger partial charge in [0.1, 0.15) is 69.0 Å². The quantitative estimate of drug-likeness (QED) is 0.0207. The van der Waals surface area contributed by atoms with Crippen molar-refractivity contribution in [2.45, 2.75) is 23.7 Å². The Bertz CT molecular complexity index is 3660. The molecule has 11 N–H and O–H groups in total. The zero-order valence-electron chi connectivity index (χ0n) is 47.0. The van der Waals surface area contributed by atoms with Gasteiger partial charge in [-0.1, -0.05) is 48.5 Å². The lowest BCUT2D eigenvalue weighted by Crippen LogP contribution is -2.16. The molecule has 1 aliphatic rings. The Hall–Kier alpha value is -10.9. The van der Waals surface area contributed by atoms with E-state index in [9.17, 15) is 60.0 Å². The molecule has 8 bridgehead atoms. The molecule has 2 unspecified atom stereocenters. The van der Waals surface area contributed by atoms with Gasteiger partial charge in [-0.2, -0.15) is 0 Å².